The first kappa shape index (κ1) is 79.5. The van der Waals surface area contributed by atoms with E-state index in [0.717, 1.165) is 35.7 Å². The van der Waals surface area contributed by atoms with E-state index in [1.807, 2.05) is 59.2 Å². The van der Waals surface area contributed by atoms with E-state index in [0.29, 0.717) is 109 Å². The Kier molecular flexibility index (Phi) is 22.3. The van der Waals surface area contributed by atoms with Crippen LogP contribution in [0.1, 0.15) is 169 Å². The zero-order chi connectivity index (χ0) is 79.1. The van der Waals surface area contributed by atoms with Crippen LogP contribution < -0.4 is 40.2 Å². The van der Waals surface area contributed by atoms with Crippen molar-refractivity contribution in [2.24, 2.45) is 46.3 Å². The molecule has 8 aliphatic rings. The molecule has 590 valence electrons. The molecule has 110 heavy (non-hydrogen) atoms. The topological polar surface area (TPSA) is 339 Å². The predicted molar refractivity (Wildman–Crippen MR) is 415 cm³/mol. The van der Waals surface area contributed by atoms with Gasteiger partial charge in [0.15, 0.2) is 0 Å². The molecule has 6 heterocycles. The van der Waals surface area contributed by atoms with Gasteiger partial charge >= 0.3 is 24.1 Å². The second-order valence-electron chi connectivity index (χ2n) is 33.7. The monoisotopic (exact) mass is 1590 g/mol. The van der Waals surface area contributed by atoms with Crippen molar-refractivity contribution in [2.75, 3.05) is 27.3 Å². The summed E-state index contributed by atoms with van der Waals surface area (Å²) in [5, 5.41) is 38.9. The second-order valence-corrected chi connectivity index (χ2v) is 36.2. The molecule has 16 atom stereocenters. The minimum Gasteiger partial charge on any atom is -0.495 e. The Morgan fingerprint density at radius 3 is 1.30 bits per heavy atom. The van der Waals surface area contributed by atoms with Crippen molar-refractivity contribution in [3.8, 4) is 45.8 Å². The van der Waals surface area contributed by atoms with Gasteiger partial charge in [0.05, 0.1) is 59.7 Å². The van der Waals surface area contributed by atoms with Crippen molar-refractivity contribution >= 4 is 115 Å². The highest BCUT2D eigenvalue weighted by molar-refractivity contribution is 7.10. The summed E-state index contributed by atoms with van der Waals surface area (Å²) in [7, 11) is 3.04. The number of halogens is 2. The standard InChI is InChI=1S/C40H50ClN5O8S.C40H48ClN5O8S/c2*1-8-22-16-40(22,37(49)50)45-34(47)28-14-24(17-46(28)36(48)33(39(4,5)6)44-38(51)54-23-12-20-11-21(20)13-23)53-30-15-26(27-18-55-35(43-27)19(2)3)42-32-25(30)9-10-29(52-7)31(32)41/h9-10,15,18-24,28,33H,8,11-14,16-17H2,1-7H3,(H,44,51)(H,45,47)(H,49,50);8-10,15,18-24,28,33H,1,11-14,16-17H2,2-7H3,(H,44,51)(H,45,47)(H,49,50)/t2*20-,21+,22-,23?,24-,28+,33-,40-/m11/s1. The third kappa shape index (κ3) is 16.2. The number of carbonyl (C=O) groups excluding carboxylic acids is 6. The summed E-state index contributed by atoms with van der Waals surface area (Å²) in [6, 6.07) is 6.23. The number of fused-ring (bicyclic) bond motifs is 4. The fourth-order valence-electron chi connectivity index (χ4n) is 16.3. The Bertz CT molecular complexity index is 4620. The summed E-state index contributed by atoms with van der Waals surface area (Å²) in [5.41, 5.74) is -1.28. The van der Waals surface area contributed by atoms with E-state index >= 15 is 0 Å². The summed E-state index contributed by atoms with van der Waals surface area (Å²) in [6.45, 7) is 24.8. The lowest BCUT2D eigenvalue weighted by molar-refractivity contribution is -0.146. The summed E-state index contributed by atoms with van der Waals surface area (Å²) in [4.78, 5) is 131. The third-order valence-corrected chi connectivity index (χ3v) is 26.0. The van der Waals surface area contributed by atoms with Gasteiger partial charge < -0.3 is 69.7 Å². The van der Waals surface area contributed by atoms with Crippen LogP contribution in [-0.4, -0.2) is 175 Å². The molecule has 2 aromatic carbocycles. The lowest BCUT2D eigenvalue weighted by Crippen LogP contribution is -2.59. The molecule has 14 rings (SSSR count). The first-order valence-electron chi connectivity index (χ1n) is 37.9. The number of thiazole rings is 2. The van der Waals surface area contributed by atoms with E-state index in [2.05, 4.69) is 55.5 Å². The SMILES string of the molecule is C=C[C@@H]1C[C@]1(NC(=O)[C@@H]1C[C@@H](Oc2cc(-c3csc(C(C)C)n3)nc3c(Cl)c(OC)ccc23)CN1C(=O)[C@@H](NC(=O)OC1C[C@@H]2C[C@@H]2C1)C(C)(C)C)C(=O)O.CC[C@@H]1C[C@]1(NC(=O)[C@@H]1C[C@@H](Oc2cc(-c3csc(C(C)C)n3)nc3c(Cl)c(OC)ccc23)CN1C(=O)[C@@H](NC(=O)OC1C[C@@H]2C[C@@H]2C1)C(C)(C)C)C(=O)O. The van der Waals surface area contributed by atoms with Gasteiger partial charge in [-0.1, -0.05) is 112 Å². The molecule has 26 nitrogen and oxygen atoms in total. The molecule has 8 fully saturated rings. The van der Waals surface area contributed by atoms with Crippen molar-refractivity contribution in [3.05, 3.63) is 79.9 Å². The normalized spacial score (nSPS) is 27.4. The molecule has 6 amide bonds. The highest BCUT2D eigenvalue weighted by atomic mass is 35.5. The van der Waals surface area contributed by atoms with Crippen LogP contribution in [0.4, 0.5) is 9.59 Å². The molecule has 6 aromatic rings. The van der Waals surface area contributed by atoms with Crippen molar-refractivity contribution in [1.29, 1.82) is 0 Å². The number of alkyl carbamates (subject to hydrolysis) is 2. The Hall–Kier alpha value is -8.60. The molecule has 30 heteroatoms. The highest BCUT2D eigenvalue weighted by Gasteiger charge is 2.63. The fourth-order valence-corrected chi connectivity index (χ4v) is 18.5. The van der Waals surface area contributed by atoms with Crippen LogP contribution in [0.5, 0.6) is 23.0 Å². The number of methoxy groups -OCH3 is 2. The molecule has 2 unspecified atom stereocenters. The number of hydrogen-bond donors (Lipinski definition) is 6. The van der Waals surface area contributed by atoms with Crippen molar-refractivity contribution in [1.82, 2.24) is 51.0 Å². The second kappa shape index (κ2) is 30.8. The highest BCUT2D eigenvalue weighted by Crippen LogP contribution is 2.54. The van der Waals surface area contributed by atoms with Crippen LogP contribution in [0, 0.1) is 46.3 Å². The number of amides is 6. The summed E-state index contributed by atoms with van der Waals surface area (Å²) >= 11 is 16.7. The quantitative estimate of drug-likeness (QED) is 0.0307. The Balaban J connectivity index is 0.000000193. The number of carbonyl (C=O) groups is 8. The smallest absolute Gasteiger partial charge is 0.408 e. The number of aliphatic carboxylic acids is 2. The van der Waals surface area contributed by atoms with Crippen LogP contribution in [0.2, 0.25) is 10.0 Å². The fraction of sp³-hybridized carbons (Fsp3) is 0.575. The molecule has 6 N–H and O–H groups in total. The summed E-state index contributed by atoms with van der Waals surface area (Å²) < 4.78 is 35.9. The number of hydrogen-bond acceptors (Lipinski definition) is 20. The van der Waals surface area contributed by atoms with Gasteiger partial charge in [-0.15, -0.1) is 29.3 Å². The number of benzene rings is 2. The van der Waals surface area contributed by atoms with E-state index in [4.69, 9.17) is 71.6 Å². The first-order chi connectivity index (χ1) is 52.0. The largest absolute Gasteiger partial charge is 0.495 e. The van der Waals surface area contributed by atoms with Crippen molar-refractivity contribution < 1.29 is 77.0 Å². The lowest BCUT2D eigenvalue weighted by atomic mass is 9.85. The van der Waals surface area contributed by atoms with Gasteiger partial charge in [0, 0.05) is 64.3 Å². The molecule has 0 radical (unpaired) electrons. The maximum atomic E-state index is 14.7. The van der Waals surface area contributed by atoms with Crippen LogP contribution >= 0.6 is 45.9 Å². The Labute approximate surface area is 657 Å². The van der Waals surface area contributed by atoms with Gasteiger partial charge in [-0.3, -0.25) is 19.2 Å². The zero-order valence-corrected chi connectivity index (χ0v) is 67.3. The number of carboxylic acid groups (broad SMARTS) is 2. The molecule has 0 bridgehead atoms. The molecule has 4 aromatic heterocycles. The van der Waals surface area contributed by atoms with Crippen LogP contribution in [0.15, 0.2) is 59.8 Å². The number of aromatic nitrogens is 4. The number of ether oxygens (including phenoxy) is 6. The predicted octanol–water partition coefficient (Wildman–Crippen LogP) is 13.4. The van der Waals surface area contributed by atoms with Gasteiger partial charge in [-0.25, -0.2) is 39.1 Å². The van der Waals surface area contributed by atoms with E-state index < -0.39 is 112 Å². The Morgan fingerprint density at radius 1 is 0.573 bits per heavy atom. The Morgan fingerprint density at radius 2 is 0.973 bits per heavy atom. The van der Waals surface area contributed by atoms with Crippen LogP contribution in [0.3, 0.4) is 0 Å². The molecule has 2 aliphatic heterocycles. The van der Waals surface area contributed by atoms with Crippen LogP contribution in [0.25, 0.3) is 44.6 Å². The van der Waals surface area contributed by atoms with Crippen molar-refractivity contribution in [2.45, 2.75) is 218 Å². The molecular formula is C80H98Cl2N10O16S2. The number of carboxylic acids is 2. The van der Waals surface area contributed by atoms with Crippen LogP contribution in [-0.2, 0) is 38.2 Å². The van der Waals surface area contributed by atoms with E-state index in [1.54, 1.807) is 36.4 Å². The molecule has 2 saturated heterocycles. The lowest BCUT2D eigenvalue weighted by Gasteiger charge is -2.35. The molecule has 6 aliphatic carbocycles. The number of nitrogens with zero attached hydrogens (tertiary/aromatic N) is 6. The maximum absolute atomic E-state index is 14.7. The van der Waals surface area contributed by atoms with E-state index in [1.165, 1.54) is 65.6 Å². The average molecular weight is 1590 g/mol. The average Bonchev–Trinajstić information content (AvgIpc) is 1.55. The number of pyridine rings is 2. The zero-order valence-electron chi connectivity index (χ0n) is 64.2. The number of likely N-dealkylation sites (tertiary alicyclic amines) is 2. The van der Waals surface area contributed by atoms with Gasteiger partial charge in [-0.2, -0.15) is 0 Å². The van der Waals surface area contributed by atoms with E-state index in [-0.39, 0.29) is 67.3 Å². The minimum absolute atomic E-state index is 0.0132. The number of nitrogens with one attached hydrogen (secondary N) is 4. The molecule has 0 spiro atoms. The van der Waals surface area contributed by atoms with Gasteiger partial charge in [0.1, 0.15) is 104 Å². The van der Waals surface area contributed by atoms with Gasteiger partial charge in [0.25, 0.3) is 0 Å². The summed E-state index contributed by atoms with van der Waals surface area (Å²) in [6.07, 6.45) is 5.15. The van der Waals surface area contributed by atoms with Crippen molar-refractivity contribution in [3.63, 3.8) is 0 Å². The summed E-state index contributed by atoms with van der Waals surface area (Å²) in [5.74, 6) is -0.671. The molecule has 6 saturated carbocycles. The van der Waals surface area contributed by atoms with E-state index in [9.17, 15) is 48.6 Å². The minimum atomic E-state index is -1.52. The van der Waals surface area contributed by atoms with Gasteiger partial charge in [0.2, 0.25) is 23.6 Å². The third-order valence-electron chi connectivity index (χ3n) is 23.0. The number of rotatable bonds is 24. The molecular weight excluding hydrogens is 1490 g/mol. The first-order valence-corrected chi connectivity index (χ1v) is 40.4. The van der Waals surface area contributed by atoms with Gasteiger partial charge in [-0.05, 0) is 116 Å². The maximum Gasteiger partial charge on any atom is 0.408 e.